The van der Waals surface area contributed by atoms with Gasteiger partial charge in [-0.1, -0.05) is 0 Å². The maximum atomic E-state index is 8.74. The highest BCUT2D eigenvalue weighted by Gasteiger charge is 2.23. The van der Waals surface area contributed by atoms with Crippen LogP contribution in [0, 0.1) is 11.3 Å². The van der Waals surface area contributed by atoms with Crippen LogP contribution in [0.2, 0.25) is 0 Å². The van der Waals surface area contributed by atoms with Crippen LogP contribution in [0.15, 0.2) is 18.5 Å². The summed E-state index contributed by atoms with van der Waals surface area (Å²) < 4.78 is 0. The van der Waals surface area contributed by atoms with Crippen molar-refractivity contribution in [3.63, 3.8) is 0 Å². The maximum absolute atomic E-state index is 8.74. The molecule has 1 aliphatic rings. The van der Waals surface area contributed by atoms with Crippen molar-refractivity contribution in [1.29, 1.82) is 5.26 Å². The second-order valence-corrected chi connectivity index (χ2v) is 3.51. The highest BCUT2D eigenvalue weighted by Crippen LogP contribution is 2.28. The molecule has 1 aromatic rings. The van der Waals surface area contributed by atoms with E-state index in [1.165, 1.54) is 0 Å². The van der Waals surface area contributed by atoms with Gasteiger partial charge in [0.2, 0.25) is 0 Å². The summed E-state index contributed by atoms with van der Waals surface area (Å²) in [7, 11) is 0. The molecule has 0 amide bonds. The Hall–Kier alpha value is -1.44. The van der Waals surface area contributed by atoms with Gasteiger partial charge in [-0.2, -0.15) is 5.26 Å². The zero-order valence-electron chi connectivity index (χ0n) is 7.85. The van der Waals surface area contributed by atoms with Crippen molar-refractivity contribution in [2.45, 2.75) is 18.9 Å². The average molecular weight is 188 g/mol. The number of hydrogen-bond donors (Lipinski definition) is 1. The normalized spacial score (nSPS) is 22.1. The first-order valence-electron chi connectivity index (χ1n) is 4.67. The number of aromatic nitrogens is 1. The lowest BCUT2D eigenvalue weighted by Gasteiger charge is -2.18. The lowest BCUT2D eigenvalue weighted by molar-refractivity contribution is 0.265. The smallest absolute Gasteiger partial charge is 0.101 e. The van der Waals surface area contributed by atoms with Gasteiger partial charge in [-0.3, -0.25) is 10.8 Å². The lowest BCUT2D eigenvalue weighted by atomic mass is 10.1. The number of nitrogens with two attached hydrogens (primary N) is 1. The molecule has 1 aromatic heterocycles. The molecular weight excluding hydrogens is 176 g/mol. The van der Waals surface area contributed by atoms with E-state index in [-0.39, 0.29) is 6.04 Å². The molecule has 14 heavy (non-hydrogen) atoms. The van der Waals surface area contributed by atoms with E-state index in [1.54, 1.807) is 12.4 Å². The van der Waals surface area contributed by atoms with Crippen LogP contribution >= 0.6 is 0 Å². The fraction of sp³-hybridized carbons (Fsp3) is 0.400. The Morgan fingerprint density at radius 3 is 3.07 bits per heavy atom. The first kappa shape index (κ1) is 9.13. The molecule has 2 N–H and O–H groups in total. The minimum absolute atomic E-state index is 0.232. The molecule has 0 unspecified atom stereocenters. The molecule has 2 rings (SSSR count). The summed E-state index contributed by atoms with van der Waals surface area (Å²) in [6.45, 7) is 0.918. The quantitative estimate of drug-likeness (QED) is 0.667. The zero-order valence-corrected chi connectivity index (χ0v) is 7.85. The van der Waals surface area contributed by atoms with Crippen molar-refractivity contribution in [1.82, 2.24) is 9.99 Å². The lowest BCUT2D eigenvalue weighted by Crippen LogP contribution is -2.30. The molecule has 0 bridgehead atoms. The van der Waals surface area contributed by atoms with Gasteiger partial charge in [0, 0.05) is 18.9 Å². The maximum Gasteiger partial charge on any atom is 0.101 e. The molecular formula is C10H12N4. The SMILES string of the molecule is N#Cc1cncc([C@@H]2CCCN2N)c1. The minimum Gasteiger partial charge on any atom is -0.268 e. The minimum atomic E-state index is 0.232. The fourth-order valence-electron chi connectivity index (χ4n) is 1.85. The van der Waals surface area contributed by atoms with Crippen molar-refractivity contribution in [3.05, 3.63) is 29.6 Å². The molecule has 2 heterocycles. The predicted molar refractivity (Wildman–Crippen MR) is 51.8 cm³/mol. The third-order valence-electron chi connectivity index (χ3n) is 2.57. The Labute approximate surface area is 82.9 Å². The fourth-order valence-corrected chi connectivity index (χ4v) is 1.85. The molecule has 1 atom stereocenters. The molecule has 1 aliphatic heterocycles. The van der Waals surface area contributed by atoms with E-state index in [0.29, 0.717) is 5.56 Å². The monoisotopic (exact) mass is 188 g/mol. The van der Waals surface area contributed by atoms with Crippen LogP contribution in [0.25, 0.3) is 0 Å². The van der Waals surface area contributed by atoms with E-state index in [9.17, 15) is 0 Å². The van der Waals surface area contributed by atoms with Crippen molar-refractivity contribution in [2.24, 2.45) is 5.84 Å². The number of hydrazine groups is 1. The summed E-state index contributed by atoms with van der Waals surface area (Å²) in [5.74, 6) is 5.83. The third-order valence-corrected chi connectivity index (χ3v) is 2.57. The second kappa shape index (κ2) is 3.74. The van der Waals surface area contributed by atoms with Crippen LogP contribution in [-0.2, 0) is 0 Å². The third kappa shape index (κ3) is 1.60. The van der Waals surface area contributed by atoms with Crippen molar-refractivity contribution < 1.29 is 0 Å². The molecule has 1 fully saturated rings. The summed E-state index contributed by atoms with van der Waals surface area (Å²) in [6, 6.07) is 4.18. The van der Waals surface area contributed by atoms with Gasteiger partial charge >= 0.3 is 0 Å². The van der Waals surface area contributed by atoms with Crippen molar-refractivity contribution in [3.8, 4) is 6.07 Å². The molecule has 0 saturated carbocycles. The number of nitrogens with zero attached hydrogens (tertiary/aromatic N) is 3. The number of nitriles is 1. The Kier molecular flexibility index (Phi) is 2.44. The van der Waals surface area contributed by atoms with Crippen LogP contribution < -0.4 is 5.84 Å². The summed E-state index contributed by atoms with van der Waals surface area (Å²) in [6.07, 6.45) is 5.51. The van der Waals surface area contributed by atoms with Gasteiger partial charge in [-0.25, -0.2) is 5.01 Å². The molecule has 4 nitrogen and oxygen atoms in total. The topological polar surface area (TPSA) is 65.9 Å². The molecule has 1 saturated heterocycles. The van der Waals surface area contributed by atoms with Gasteiger partial charge in [0.15, 0.2) is 0 Å². The van der Waals surface area contributed by atoms with Gasteiger partial charge in [-0.15, -0.1) is 0 Å². The van der Waals surface area contributed by atoms with Gasteiger partial charge in [0.1, 0.15) is 6.07 Å². The second-order valence-electron chi connectivity index (χ2n) is 3.51. The van der Waals surface area contributed by atoms with E-state index in [4.69, 9.17) is 11.1 Å². The van der Waals surface area contributed by atoms with E-state index >= 15 is 0 Å². The van der Waals surface area contributed by atoms with E-state index in [1.807, 2.05) is 11.1 Å². The van der Waals surface area contributed by atoms with Crippen LogP contribution in [0.1, 0.15) is 30.0 Å². The van der Waals surface area contributed by atoms with Gasteiger partial charge < -0.3 is 0 Å². The van der Waals surface area contributed by atoms with E-state index in [0.717, 1.165) is 24.9 Å². The Bertz CT molecular complexity index is 369. The Morgan fingerprint density at radius 2 is 2.43 bits per heavy atom. The first-order chi connectivity index (χ1) is 6.81. The molecule has 72 valence electrons. The van der Waals surface area contributed by atoms with Crippen LogP contribution in [0.5, 0.6) is 0 Å². The van der Waals surface area contributed by atoms with Crippen molar-refractivity contribution in [2.75, 3.05) is 6.54 Å². The Balaban J connectivity index is 2.28. The van der Waals surface area contributed by atoms with Crippen molar-refractivity contribution >= 4 is 0 Å². The first-order valence-corrected chi connectivity index (χ1v) is 4.67. The number of hydrogen-bond acceptors (Lipinski definition) is 4. The molecule has 0 aliphatic carbocycles. The Morgan fingerprint density at radius 1 is 1.57 bits per heavy atom. The molecule has 0 aromatic carbocycles. The standard InChI is InChI=1S/C10H12N4/c11-5-8-4-9(7-13-6-8)10-2-1-3-14(10)12/h4,6-7,10H,1-3,12H2/t10-/m0/s1. The van der Waals surface area contributed by atoms with Crippen LogP contribution in [-0.4, -0.2) is 16.5 Å². The number of rotatable bonds is 1. The van der Waals surface area contributed by atoms with Crippen LogP contribution in [0.3, 0.4) is 0 Å². The summed E-state index contributed by atoms with van der Waals surface area (Å²) >= 11 is 0. The van der Waals surface area contributed by atoms with E-state index in [2.05, 4.69) is 11.1 Å². The molecule has 0 radical (unpaired) electrons. The van der Waals surface area contributed by atoms with Gasteiger partial charge in [0.05, 0.1) is 11.6 Å². The van der Waals surface area contributed by atoms with Gasteiger partial charge in [0.25, 0.3) is 0 Å². The molecule has 0 spiro atoms. The predicted octanol–water partition coefficient (Wildman–Crippen LogP) is 0.964. The molecule has 4 heteroatoms. The van der Waals surface area contributed by atoms with E-state index < -0.39 is 0 Å². The zero-order chi connectivity index (χ0) is 9.97. The summed E-state index contributed by atoms with van der Waals surface area (Å²) in [5, 5.41) is 10.6. The number of pyridine rings is 1. The summed E-state index contributed by atoms with van der Waals surface area (Å²) in [4.78, 5) is 4.03. The average Bonchev–Trinajstić information content (AvgIpc) is 2.65. The van der Waals surface area contributed by atoms with Crippen LogP contribution in [0.4, 0.5) is 0 Å². The van der Waals surface area contributed by atoms with Gasteiger partial charge in [-0.05, 0) is 24.5 Å². The largest absolute Gasteiger partial charge is 0.268 e. The highest BCUT2D eigenvalue weighted by atomic mass is 15.4. The summed E-state index contributed by atoms with van der Waals surface area (Å²) in [5.41, 5.74) is 1.65. The highest BCUT2D eigenvalue weighted by molar-refractivity contribution is 5.30.